The molecule has 0 aromatic heterocycles. The van der Waals surface area contributed by atoms with Crippen LogP contribution in [0.4, 0.5) is 4.39 Å². The quantitative estimate of drug-likeness (QED) is 0.607. The molecule has 0 fully saturated rings. The van der Waals surface area contributed by atoms with Gasteiger partial charge in [-0.25, -0.2) is 4.39 Å². The van der Waals surface area contributed by atoms with E-state index in [-0.39, 0.29) is 17.6 Å². The smallest absolute Gasteiger partial charge is 0.165 e. The molecule has 0 bridgehead atoms. The van der Waals surface area contributed by atoms with E-state index in [4.69, 9.17) is 16.9 Å². The molecular formula is C14H18FNO. The largest absolute Gasteiger partial charge is 0.490 e. The van der Waals surface area contributed by atoms with E-state index in [9.17, 15) is 4.39 Å². The highest BCUT2D eigenvalue weighted by Crippen LogP contribution is 2.19. The second-order valence-electron chi connectivity index (χ2n) is 4.10. The summed E-state index contributed by atoms with van der Waals surface area (Å²) < 4.78 is 18.9. The lowest BCUT2D eigenvalue weighted by Gasteiger charge is -2.09. The summed E-state index contributed by atoms with van der Waals surface area (Å²) >= 11 is 0. The van der Waals surface area contributed by atoms with E-state index < -0.39 is 0 Å². The molecule has 0 heterocycles. The predicted molar refractivity (Wildman–Crippen MR) is 67.3 cm³/mol. The van der Waals surface area contributed by atoms with Gasteiger partial charge in [0, 0.05) is 12.5 Å². The second-order valence-corrected chi connectivity index (χ2v) is 4.10. The minimum Gasteiger partial charge on any atom is -0.490 e. The van der Waals surface area contributed by atoms with Crippen molar-refractivity contribution in [3.63, 3.8) is 0 Å². The number of ether oxygens (including phenoxy) is 1. The molecule has 0 spiro atoms. The first kappa shape index (κ1) is 13.5. The van der Waals surface area contributed by atoms with Crippen molar-refractivity contribution in [3.8, 4) is 18.1 Å². The van der Waals surface area contributed by atoms with Gasteiger partial charge in [0.2, 0.25) is 0 Å². The number of hydrogen-bond acceptors (Lipinski definition) is 2. The number of rotatable bonds is 6. The zero-order valence-corrected chi connectivity index (χ0v) is 10.1. The summed E-state index contributed by atoms with van der Waals surface area (Å²) in [6, 6.07) is 4.97. The molecule has 1 aromatic carbocycles. The molecule has 0 amide bonds. The monoisotopic (exact) mass is 235 g/mol. The highest BCUT2D eigenvalue weighted by molar-refractivity contribution is 5.29. The van der Waals surface area contributed by atoms with Crippen LogP contribution in [0.5, 0.6) is 5.75 Å². The summed E-state index contributed by atoms with van der Waals surface area (Å²) in [4.78, 5) is 0. The average molecular weight is 235 g/mol. The Balaban J connectivity index is 2.54. The van der Waals surface area contributed by atoms with Gasteiger partial charge in [-0.1, -0.05) is 6.07 Å². The maximum atomic E-state index is 13.6. The van der Waals surface area contributed by atoms with Gasteiger partial charge in [0.05, 0.1) is 6.61 Å². The Morgan fingerprint density at radius 3 is 2.88 bits per heavy atom. The molecule has 1 aromatic rings. The molecule has 2 N–H and O–H groups in total. The molecule has 0 aliphatic heterocycles. The fourth-order valence-corrected chi connectivity index (χ4v) is 1.52. The maximum Gasteiger partial charge on any atom is 0.165 e. The minimum absolute atomic E-state index is 0.0248. The number of nitrogens with two attached hydrogens (primary N) is 1. The summed E-state index contributed by atoms with van der Waals surface area (Å²) in [6.07, 6.45) is 7.15. The average Bonchev–Trinajstić information content (AvgIpc) is 2.26. The van der Waals surface area contributed by atoms with Crippen molar-refractivity contribution in [2.75, 3.05) is 6.61 Å². The normalized spacial score (nSPS) is 11.9. The number of unbranched alkanes of at least 4 members (excludes halogenated alkanes) is 1. The lowest BCUT2D eigenvalue weighted by Crippen LogP contribution is -2.17. The van der Waals surface area contributed by atoms with Gasteiger partial charge in [-0.15, -0.1) is 12.3 Å². The van der Waals surface area contributed by atoms with Crippen LogP contribution < -0.4 is 10.5 Å². The highest BCUT2D eigenvalue weighted by atomic mass is 19.1. The van der Waals surface area contributed by atoms with Gasteiger partial charge in [-0.2, -0.15) is 0 Å². The number of halogens is 1. The molecule has 2 nitrogen and oxygen atoms in total. The molecule has 0 aliphatic carbocycles. The van der Waals surface area contributed by atoms with E-state index in [2.05, 4.69) is 5.92 Å². The van der Waals surface area contributed by atoms with Gasteiger partial charge in [-0.05, 0) is 37.5 Å². The van der Waals surface area contributed by atoms with Crippen LogP contribution in [-0.2, 0) is 6.42 Å². The first-order valence-electron chi connectivity index (χ1n) is 5.73. The van der Waals surface area contributed by atoms with Gasteiger partial charge < -0.3 is 10.5 Å². The lowest BCUT2D eigenvalue weighted by atomic mass is 10.1. The highest BCUT2D eigenvalue weighted by Gasteiger charge is 2.05. The Morgan fingerprint density at radius 1 is 1.53 bits per heavy atom. The summed E-state index contributed by atoms with van der Waals surface area (Å²) in [5.74, 6) is 2.44. The Bertz CT molecular complexity index is 396. The van der Waals surface area contributed by atoms with E-state index in [0.29, 0.717) is 19.4 Å². The Hall–Kier alpha value is -1.53. The summed E-state index contributed by atoms with van der Waals surface area (Å²) in [7, 11) is 0. The van der Waals surface area contributed by atoms with Crippen molar-refractivity contribution in [2.45, 2.75) is 32.2 Å². The number of terminal acetylenes is 1. The molecule has 0 saturated heterocycles. The van der Waals surface area contributed by atoms with Crippen molar-refractivity contribution in [1.29, 1.82) is 0 Å². The van der Waals surface area contributed by atoms with Crippen molar-refractivity contribution in [1.82, 2.24) is 0 Å². The molecule has 0 radical (unpaired) electrons. The zero-order chi connectivity index (χ0) is 12.7. The molecule has 1 atom stereocenters. The summed E-state index contributed by atoms with van der Waals surface area (Å²) in [5, 5.41) is 0. The maximum absolute atomic E-state index is 13.6. The third kappa shape index (κ3) is 4.88. The minimum atomic E-state index is -0.344. The van der Waals surface area contributed by atoms with Crippen molar-refractivity contribution >= 4 is 0 Å². The number of benzene rings is 1. The molecule has 0 saturated carbocycles. The molecular weight excluding hydrogens is 217 g/mol. The van der Waals surface area contributed by atoms with E-state index >= 15 is 0 Å². The lowest BCUT2D eigenvalue weighted by molar-refractivity contribution is 0.297. The fraction of sp³-hybridized carbons (Fsp3) is 0.429. The molecule has 0 aliphatic rings. The first-order chi connectivity index (χ1) is 8.13. The third-order valence-corrected chi connectivity index (χ3v) is 2.28. The number of hydrogen-bond donors (Lipinski definition) is 1. The molecule has 1 rings (SSSR count). The van der Waals surface area contributed by atoms with Gasteiger partial charge >= 0.3 is 0 Å². The topological polar surface area (TPSA) is 35.2 Å². The Morgan fingerprint density at radius 2 is 2.29 bits per heavy atom. The van der Waals surface area contributed by atoms with Crippen molar-refractivity contribution in [3.05, 3.63) is 29.6 Å². The van der Waals surface area contributed by atoms with Crippen LogP contribution in [0.1, 0.15) is 25.3 Å². The summed E-state index contributed by atoms with van der Waals surface area (Å²) in [6.45, 7) is 2.33. The standard InChI is InChI=1S/C14H18FNO/c1-3-4-5-8-17-14-7-6-12(9-11(2)16)10-13(14)15/h1,6-7,10-11H,4-5,8-9,16H2,2H3. The third-order valence-electron chi connectivity index (χ3n) is 2.28. The van der Waals surface area contributed by atoms with E-state index in [1.165, 1.54) is 6.07 Å². The Labute approximate surface area is 102 Å². The van der Waals surface area contributed by atoms with Crippen LogP contribution in [0.3, 0.4) is 0 Å². The summed E-state index contributed by atoms with van der Waals surface area (Å²) in [5.41, 5.74) is 6.54. The zero-order valence-electron chi connectivity index (χ0n) is 10.1. The Kier molecular flexibility index (Phi) is 5.51. The molecule has 92 valence electrons. The molecule has 1 unspecified atom stereocenters. The van der Waals surface area contributed by atoms with E-state index in [0.717, 1.165) is 12.0 Å². The fourth-order valence-electron chi connectivity index (χ4n) is 1.52. The van der Waals surface area contributed by atoms with Gasteiger partial charge in [0.15, 0.2) is 11.6 Å². The van der Waals surface area contributed by atoms with Crippen molar-refractivity contribution < 1.29 is 9.13 Å². The van der Waals surface area contributed by atoms with Crippen LogP contribution >= 0.6 is 0 Å². The van der Waals surface area contributed by atoms with Crippen LogP contribution in [0.15, 0.2) is 18.2 Å². The second kappa shape index (κ2) is 6.93. The SMILES string of the molecule is C#CCCCOc1ccc(CC(C)N)cc1F. The van der Waals surface area contributed by atoms with Crippen LogP contribution in [0.2, 0.25) is 0 Å². The van der Waals surface area contributed by atoms with Gasteiger partial charge in [0.1, 0.15) is 0 Å². The van der Waals surface area contributed by atoms with Gasteiger partial charge in [-0.3, -0.25) is 0 Å². The van der Waals surface area contributed by atoms with Crippen LogP contribution in [0.25, 0.3) is 0 Å². The predicted octanol–water partition coefficient (Wildman–Crippen LogP) is 2.51. The van der Waals surface area contributed by atoms with E-state index in [1.54, 1.807) is 6.07 Å². The van der Waals surface area contributed by atoms with E-state index in [1.807, 2.05) is 13.0 Å². The van der Waals surface area contributed by atoms with Crippen molar-refractivity contribution in [2.24, 2.45) is 5.73 Å². The van der Waals surface area contributed by atoms with Crippen LogP contribution in [-0.4, -0.2) is 12.6 Å². The van der Waals surface area contributed by atoms with Gasteiger partial charge in [0.25, 0.3) is 0 Å². The molecule has 3 heteroatoms. The van der Waals surface area contributed by atoms with Crippen LogP contribution in [0, 0.1) is 18.2 Å². The first-order valence-corrected chi connectivity index (χ1v) is 5.73. The molecule has 17 heavy (non-hydrogen) atoms.